The summed E-state index contributed by atoms with van der Waals surface area (Å²) in [4.78, 5) is 0. The maximum absolute atomic E-state index is 14.7. The minimum atomic E-state index is -4.60. The summed E-state index contributed by atoms with van der Waals surface area (Å²) in [5.41, 5.74) is 0. The molecule has 0 spiro atoms. The molecule has 4 aromatic carbocycles. The van der Waals surface area contributed by atoms with Crippen molar-refractivity contribution in [3.05, 3.63) is 97.1 Å². The Morgan fingerprint density at radius 3 is 1.00 bits per heavy atom. The average Bonchev–Trinajstić information content (AvgIpc) is 2.80. The molecule has 7 heteroatoms. The Hall–Kier alpha value is -2.84. The molecule has 152 valence electrons. The SMILES string of the molecule is O=[As]1(O[As]2(=O)c3ccccc3Oc3ccccc32)c2ccccc2Oc2ccccc21. The molecule has 0 aromatic heterocycles. The van der Waals surface area contributed by atoms with Gasteiger partial charge in [0, 0.05) is 0 Å². The zero-order valence-electron chi connectivity index (χ0n) is 16.2. The van der Waals surface area contributed by atoms with Gasteiger partial charge in [-0.05, 0) is 0 Å². The third-order valence-corrected chi connectivity index (χ3v) is 19.8. The summed E-state index contributed by atoms with van der Waals surface area (Å²) < 4.78 is 49.8. The van der Waals surface area contributed by atoms with Crippen LogP contribution in [0.15, 0.2) is 97.1 Å². The molecule has 0 unspecified atom stereocenters. The summed E-state index contributed by atoms with van der Waals surface area (Å²) in [6.45, 7) is 0. The number of ether oxygens (including phenoxy) is 2. The molecule has 0 radical (unpaired) electrons. The molecule has 0 saturated carbocycles. The molecule has 0 atom stereocenters. The van der Waals surface area contributed by atoms with Crippen LogP contribution < -0.4 is 26.9 Å². The van der Waals surface area contributed by atoms with Crippen LogP contribution in [0.1, 0.15) is 0 Å². The Morgan fingerprint density at radius 2 is 0.710 bits per heavy atom. The van der Waals surface area contributed by atoms with Crippen molar-refractivity contribution in [3.8, 4) is 23.0 Å². The third kappa shape index (κ3) is 2.74. The normalized spacial score (nSPS) is 16.5. The van der Waals surface area contributed by atoms with Gasteiger partial charge in [0.05, 0.1) is 0 Å². The van der Waals surface area contributed by atoms with Crippen molar-refractivity contribution in [2.45, 2.75) is 0 Å². The quantitative estimate of drug-likeness (QED) is 0.371. The first kappa shape index (κ1) is 18.9. The zero-order valence-corrected chi connectivity index (χ0v) is 19.9. The molecular weight excluding hydrogens is 518 g/mol. The van der Waals surface area contributed by atoms with E-state index in [0.717, 1.165) is 0 Å². The average molecular weight is 534 g/mol. The van der Waals surface area contributed by atoms with Crippen molar-refractivity contribution in [1.29, 1.82) is 0 Å². The summed E-state index contributed by atoms with van der Waals surface area (Å²) in [5, 5.41) is 0. The number of hydrogen-bond donors (Lipinski definition) is 0. The molecule has 2 aliphatic rings. The van der Waals surface area contributed by atoms with E-state index in [1.165, 1.54) is 0 Å². The number of rotatable bonds is 2. The van der Waals surface area contributed by atoms with E-state index in [9.17, 15) is 7.48 Å². The van der Waals surface area contributed by atoms with Gasteiger partial charge < -0.3 is 0 Å². The fraction of sp³-hybridized carbons (Fsp3) is 0. The summed E-state index contributed by atoms with van der Waals surface area (Å²) in [5.74, 6) is 1.89. The molecule has 2 aliphatic heterocycles. The van der Waals surface area contributed by atoms with Crippen molar-refractivity contribution < 1.29 is 19.7 Å². The van der Waals surface area contributed by atoms with Crippen LogP contribution >= 0.6 is 0 Å². The number of fused-ring (bicyclic) bond motifs is 4. The maximum atomic E-state index is 14.7. The Labute approximate surface area is 184 Å². The van der Waals surface area contributed by atoms with Crippen LogP contribution in [0.5, 0.6) is 23.0 Å². The molecule has 0 bridgehead atoms. The summed E-state index contributed by atoms with van der Waals surface area (Å²) >= 11 is -9.20. The summed E-state index contributed by atoms with van der Waals surface area (Å²) in [6, 6.07) is 28.5. The van der Waals surface area contributed by atoms with Crippen molar-refractivity contribution in [1.82, 2.24) is 0 Å². The summed E-state index contributed by atoms with van der Waals surface area (Å²) in [7, 11) is 0. The molecular formula is C24H16As2O5. The van der Waals surface area contributed by atoms with Gasteiger partial charge in [0.15, 0.2) is 0 Å². The second-order valence-corrected chi connectivity index (χ2v) is 18.1. The van der Waals surface area contributed by atoms with E-state index in [1.807, 2.05) is 24.3 Å². The fourth-order valence-corrected chi connectivity index (χ4v) is 19.7. The van der Waals surface area contributed by atoms with E-state index in [2.05, 4.69) is 0 Å². The Kier molecular flexibility index (Phi) is 4.16. The number of hydrogen-bond acceptors (Lipinski definition) is 5. The van der Waals surface area contributed by atoms with E-state index in [0.29, 0.717) is 40.4 Å². The van der Waals surface area contributed by atoms with E-state index in [4.69, 9.17) is 12.2 Å². The molecule has 0 fully saturated rings. The molecule has 5 nitrogen and oxygen atoms in total. The molecule has 0 aliphatic carbocycles. The monoisotopic (exact) mass is 534 g/mol. The van der Waals surface area contributed by atoms with Gasteiger partial charge in [-0.1, -0.05) is 0 Å². The van der Waals surface area contributed by atoms with E-state index in [-0.39, 0.29) is 0 Å². The van der Waals surface area contributed by atoms with Gasteiger partial charge in [-0.25, -0.2) is 0 Å². The third-order valence-electron chi connectivity index (χ3n) is 5.40. The van der Waals surface area contributed by atoms with Crippen molar-refractivity contribution in [3.63, 3.8) is 0 Å². The first-order chi connectivity index (χ1) is 15.1. The Bertz CT molecular complexity index is 1240. The molecule has 2 heterocycles. The standard InChI is InChI=1S/C24H16As2O5/c27-25(17-9-1-5-13-21(17)29-22-14-6-2-10-18(22)25)31-26(28)19-11-3-7-15-23(19)30-24-16-8-4-12-20(24)26/h1-16H. The van der Waals surface area contributed by atoms with Crippen LogP contribution in [0.4, 0.5) is 0 Å². The van der Waals surface area contributed by atoms with Crippen LogP contribution in [-0.2, 0) is 10.2 Å². The van der Waals surface area contributed by atoms with E-state index >= 15 is 0 Å². The van der Waals surface area contributed by atoms with E-state index < -0.39 is 27.7 Å². The predicted octanol–water partition coefficient (Wildman–Crippen LogP) is 2.59. The van der Waals surface area contributed by atoms with Crippen LogP contribution in [0.25, 0.3) is 0 Å². The first-order valence-corrected chi connectivity index (χ1v) is 16.6. The van der Waals surface area contributed by atoms with Crippen molar-refractivity contribution in [2.24, 2.45) is 0 Å². The van der Waals surface area contributed by atoms with Gasteiger partial charge in [-0.2, -0.15) is 0 Å². The van der Waals surface area contributed by atoms with Crippen LogP contribution in [-0.4, -0.2) is 27.7 Å². The van der Waals surface area contributed by atoms with E-state index in [1.54, 1.807) is 72.8 Å². The molecule has 4 aromatic rings. The first-order valence-electron chi connectivity index (χ1n) is 9.75. The summed E-state index contributed by atoms with van der Waals surface area (Å²) in [6.07, 6.45) is 0. The number of para-hydroxylation sites is 4. The zero-order chi connectivity index (χ0) is 21.1. The van der Waals surface area contributed by atoms with Gasteiger partial charge in [-0.3, -0.25) is 0 Å². The second-order valence-electron chi connectivity index (χ2n) is 7.26. The molecule has 0 saturated heterocycles. The molecule has 0 N–H and O–H groups in total. The molecule has 6 rings (SSSR count). The minimum absolute atomic E-state index is 0.470. The fourth-order valence-electron chi connectivity index (χ4n) is 3.98. The Balaban J connectivity index is 1.62. The van der Waals surface area contributed by atoms with Crippen LogP contribution in [0.2, 0.25) is 0 Å². The van der Waals surface area contributed by atoms with Crippen molar-refractivity contribution in [2.75, 3.05) is 0 Å². The van der Waals surface area contributed by atoms with Gasteiger partial charge in [0.1, 0.15) is 0 Å². The van der Waals surface area contributed by atoms with Gasteiger partial charge in [0.2, 0.25) is 0 Å². The van der Waals surface area contributed by atoms with Crippen LogP contribution in [0, 0.1) is 0 Å². The second kappa shape index (κ2) is 6.83. The van der Waals surface area contributed by atoms with Gasteiger partial charge in [0.25, 0.3) is 0 Å². The predicted molar refractivity (Wildman–Crippen MR) is 118 cm³/mol. The number of benzene rings is 4. The van der Waals surface area contributed by atoms with Gasteiger partial charge >= 0.3 is 185 Å². The van der Waals surface area contributed by atoms with Crippen molar-refractivity contribution >= 4 is 45.1 Å². The van der Waals surface area contributed by atoms with Crippen LogP contribution in [0.3, 0.4) is 0 Å². The Morgan fingerprint density at radius 1 is 0.452 bits per heavy atom. The topological polar surface area (TPSA) is 61.8 Å². The molecule has 31 heavy (non-hydrogen) atoms. The molecule has 0 amide bonds. The van der Waals surface area contributed by atoms with Gasteiger partial charge in [-0.15, -0.1) is 0 Å².